The van der Waals surface area contributed by atoms with E-state index in [1.54, 1.807) is 6.07 Å². The molecule has 1 aliphatic rings. The second-order valence-corrected chi connectivity index (χ2v) is 6.35. The zero-order valence-corrected chi connectivity index (χ0v) is 13.4. The molecule has 0 bridgehead atoms. The van der Waals surface area contributed by atoms with E-state index in [-0.39, 0.29) is 17.8 Å². The third-order valence-corrected chi connectivity index (χ3v) is 4.79. The first-order valence-electron chi connectivity index (χ1n) is 8.18. The summed E-state index contributed by atoms with van der Waals surface area (Å²) in [5.74, 6) is 0.795. The summed E-state index contributed by atoms with van der Waals surface area (Å²) in [4.78, 5) is 16.3. The van der Waals surface area contributed by atoms with E-state index in [4.69, 9.17) is 5.73 Å². The summed E-state index contributed by atoms with van der Waals surface area (Å²) >= 11 is 0. The van der Waals surface area contributed by atoms with E-state index in [0.29, 0.717) is 30.8 Å². The number of hydrogen-bond acceptors (Lipinski definition) is 3. The van der Waals surface area contributed by atoms with Crippen molar-refractivity contribution in [3.63, 3.8) is 0 Å². The molecule has 0 unspecified atom stereocenters. The highest BCUT2D eigenvalue weighted by Gasteiger charge is 2.25. The van der Waals surface area contributed by atoms with E-state index >= 15 is 0 Å². The van der Waals surface area contributed by atoms with Crippen LogP contribution in [0.4, 0.5) is 4.39 Å². The first-order chi connectivity index (χ1) is 11.1. The molecule has 0 spiro atoms. The molecule has 3 rings (SSSR count). The van der Waals surface area contributed by atoms with Crippen LogP contribution in [0, 0.1) is 11.7 Å². The molecular formula is C17H23FN4O. The number of carbonyl (C=O) groups excluding carboxylic acids is 1. The van der Waals surface area contributed by atoms with Crippen molar-refractivity contribution < 1.29 is 9.18 Å². The van der Waals surface area contributed by atoms with Gasteiger partial charge in [0.15, 0.2) is 5.82 Å². The fourth-order valence-corrected chi connectivity index (χ4v) is 3.39. The van der Waals surface area contributed by atoms with Gasteiger partial charge in [0, 0.05) is 32.5 Å². The van der Waals surface area contributed by atoms with Gasteiger partial charge in [0.2, 0.25) is 5.91 Å². The molecule has 1 aromatic heterocycles. The minimum atomic E-state index is -0.316. The summed E-state index contributed by atoms with van der Waals surface area (Å²) in [5.41, 5.74) is 7.14. The molecule has 1 fully saturated rings. The Bertz CT molecular complexity index is 712. The fourth-order valence-electron chi connectivity index (χ4n) is 3.39. The van der Waals surface area contributed by atoms with Gasteiger partial charge in [-0.25, -0.2) is 9.37 Å². The first-order valence-corrected chi connectivity index (χ1v) is 8.18. The van der Waals surface area contributed by atoms with E-state index in [9.17, 15) is 9.18 Å². The van der Waals surface area contributed by atoms with Crippen LogP contribution in [0.2, 0.25) is 0 Å². The highest BCUT2D eigenvalue weighted by molar-refractivity contribution is 5.77. The number of fused-ring (bicyclic) bond motifs is 1. The topological polar surface area (TPSA) is 72.9 Å². The molecular weight excluding hydrogens is 295 g/mol. The number of nitrogens with two attached hydrogens (primary N) is 1. The lowest BCUT2D eigenvalue weighted by Gasteiger charge is -2.14. The summed E-state index contributed by atoms with van der Waals surface area (Å²) in [6.07, 6.45) is 4.25. The number of rotatable bonds is 5. The molecule has 1 aromatic carbocycles. The van der Waals surface area contributed by atoms with Gasteiger partial charge in [-0.15, -0.1) is 0 Å². The number of carbonyl (C=O) groups is 1. The number of aromatic nitrogens is 2. The maximum Gasteiger partial charge on any atom is 0.220 e. The van der Waals surface area contributed by atoms with Crippen molar-refractivity contribution in [3.8, 4) is 0 Å². The number of benzene rings is 1. The fraction of sp³-hybridized carbons (Fsp3) is 0.529. The van der Waals surface area contributed by atoms with Crippen LogP contribution in [0.5, 0.6) is 0 Å². The molecule has 1 saturated carbocycles. The van der Waals surface area contributed by atoms with Crippen LogP contribution in [0.25, 0.3) is 11.0 Å². The second-order valence-electron chi connectivity index (χ2n) is 6.35. The first kappa shape index (κ1) is 15.9. The van der Waals surface area contributed by atoms with E-state index in [2.05, 4.69) is 10.3 Å². The van der Waals surface area contributed by atoms with Crippen molar-refractivity contribution in [2.45, 2.75) is 38.1 Å². The van der Waals surface area contributed by atoms with Crippen molar-refractivity contribution >= 4 is 16.9 Å². The Morgan fingerprint density at radius 2 is 2.30 bits per heavy atom. The molecule has 6 heteroatoms. The van der Waals surface area contributed by atoms with Crippen molar-refractivity contribution in [1.29, 1.82) is 0 Å². The Morgan fingerprint density at radius 3 is 3.00 bits per heavy atom. The Kier molecular flexibility index (Phi) is 4.61. The normalized spacial score (nSPS) is 21.0. The summed E-state index contributed by atoms with van der Waals surface area (Å²) in [6.45, 7) is 0.500. The molecule has 1 amide bonds. The molecule has 2 atom stereocenters. The highest BCUT2D eigenvalue weighted by atomic mass is 19.1. The molecule has 2 aromatic rings. The molecule has 5 nitrogen and oxygen atoms in total. The van der Waals surface area contributed by atoms with Gasteiger partial charge >= 0.3 is 0 Å². The Balaban J connectivity index is 1.55. The summed E-state index contributed by atoms with van der Waals surface area (Å²) in [5, 5.41) is 2.92. The zero-order valence-electron chi connectivity index (χ0n) is 13.4. The van der Waals surface area contributed by atoms with Gasteiger partial charge in [-0.2, -0.15) is 0 Å². The van der Waals surface area contributed by atoms with E-state index in [0.717, 1.165) is 30.6 Å². The molecule has 0 aliphatic heterocycles. The van der Waals surface area contributed by atoms with E-state index in [1.807, 2.05) is 17.7 Å². The quantitative estimate of drug-likeness (QED) is 0.884. The van der Waals surface area contributed by atoms with Crippen molar-refractivity contribution in [3.05, 3.63) is 29.8 Å². The van der Waals surface area contributed by atoms with Crippen LogP contribution in [0.15, 0.2) is 18.2 Å². The van der Waals surface area contributed by atoms with Gasteiger partial charge in [-0.1, -0.05) is 12.5 Å². The van der Waals surface area contributed by atoms with E-state index in [1.165, 1.54) is 6.07 Å². The van der Waals surface area contributed by atoms with Crippen LogP contribution in [0.3, 0.4) is 0 Å². The molecule has 0 radical (unpaired) electrons. The summed E-state index contributed by atoms with van der Waals surface area (Å²) in [6, 6.07) is 5.08. The largest absolute Gasteiger partial charge is 0.356 e. The van der Waals surface area contributed by atoms with Crippen molar-refractivity contribution in [1.82, 2.24) is 14.9 Å². The number of amides is 1. The third-order valence-electron chi connectivity index (χ3n) is 4.79. The van der Waals surface area contributed by atoms with Crippen molar-refractivity contribution in [2.24, 2.45) is 18.7 Å². The van der Waals surface area contributed by atoms with Crippen molar-refractivity contribution in [2.75, 3.05) is 6.54 Å². The SMILES string of the molecule is Cn1c(CCNC(=O)C[C@@H]2CCC[C@H]2N)nc2c(F)cccc21. The molecule has 1 aliphatic carbocycles. The van der Waals surface area contributed by atoms with E-state index < -0.39 is 0 Å². The summed E-state index contributed by atoms with van der Waals surface area (Å²) < 4.78 is 15.6. The standard InChI is InChI=1S/C17H23FN4O/c1-22-14-7-3-5-12(18)17(14)21-15(22)8-9-20-16(23)10-11-4-2-6-13(11)19/h3,5,7,11,13H,2,4,6,8-10,19H2,1H3,(H,20,23)/t11-,13+/m0/s1. The monoisotopic (exact) mass is 318 g/mol. The number of para-hydroxylation sites is 1. The average Bonchev–Trinajstić information content (AvgIpc) is 3.06. The van der Waals surface area contributed by atoms with Crippen LogP contribution in [-0.4, -0.2) is 28.0 Å². The Labute approximate surface area is 135 Å². The smallest absolute Gasteiger partial charge is 0.220 e. The van der Waals surface area contributed by atoms with Gasteiger partial charge in [0.1, 0.15) is 11.3 Å². The lowest BCUT2D eigenvalue weighted by molar-refractivity contribution is -0.122. The maximum absolute atomic E-state index is 13.7. The molecule has 124 valence electrons. The van der Waals surface area contributed by atoms with Crippen LogP contribution < -0.4 is 11.1 Å². The molecule has 23 heavy (non-hydrogen) atoms. The number of aryl methyl sites for hydroxylation is 1. The van der Waals surface area contributed by atoms with Gasteiger partial charge in [-0.05, 0) is 30.9 Å². The molecule has 3 N–H and O–H groups in total. The highest BCUT2D eigenvalue weighted by Crippen LogP contribution is 2.26. The Morgan fingerprint density at radius 1 is 1.48 bits per heavy atom. The minimum Gasteiger partial charge on any atom is -0.356 e. The zero-order chi connectivity index (χ0) is 16.4. The second kappa shape index (κ2) is 6.66. The number of hydrogen-bond donors (Lipinski definition) is 2. The lowest BCUT2D eigenvalue weighted by Crippen LogP contribution is -2.32. The number of imidazole rings is 1. The van der Waals surface area contributed by atoms with Crippen LogP contribution in [0.1, 0.15) is 31.5 Å². The van der Waals surface area contributed by atoms with Gasteiger partial charge < -0.3 is 15.6 Å². The summed E-state index contributed by atoms with van der Waals surface area (Å²) in [7, 11) is 1.86. The average molecular weight is 318 g/mol. The van der Waals surface area contributed by atoms with Gasteiger partial charge in [-0.3, -0.25) is 4.79 Å². The number of nitrogens with one attached hydrogen (secondary N) is 1. The third kappa shape index (κ3) is 3.37. The van der Waals surface area contributed by atoms with Gasteiger partial charge in [0.05, 0.1) is 5.52 Å². The van der Waals surface area contributed by atoms with Crippen LogP contribution in [-0.2, 0) is 18.3 Å². The maximum atomic E-state index is 13.7. The molecule has 0 saturated heterocycles. The minimum absolute atomic E-state index is 0.0392. The predicted molar refractivity (Wildman–Crippen MR) is 87.3 cm³/mol. The lowest BCUT2D eigenvalue weighted by atomic mass is 10.00. The number of halogens is 1. The van der Waals surface area contributed by atoms with Gasteiger partial charge in [0.25, 0.3) is 0 Å². The Hall–Kier alpha value is -1.95. The molecule has 1 heterocycles. The number of nitrogens with zero attached hydrogens (tertiary/aromatic N) is 2. The van der Waals surface area contributed by atoms with Crippen LogP contribution >= 0.6 is 0 Å². The predicted octanol–water partition coefficient (Wildman–Crippen LogP) is 1.89.